The molecular weight excluding hydrogens is 349 g/mol. The van der Waals surface area contributed by atoms with Crippen LogP contribution in [-0.4, -0.2) is 19.4 Å². The minimum atomic E-state index is -0.727. The van der Waals surface area contributed by atoms with Gasteiger partial charge in [-0.25, -0.2) is 9.18 Å². The first-order valence-corrected chi connectivity index (χ1v) is 8.27. The van der Waals surface area contributed by atoms with E-state index in [-0.39, 0.29) is 19.0 Å². The highest BCUT2D eigenvalue weighted by atomic mass is 19.1. The Kier molecular flexibility index (Phi) is 5.53. The van der Waals surface area contributed by atoms with E-state index in [4.69, 9.17) is 14.2 Å². The molecule has 2 aromatic rings. The second-order valence-corrected chi connectivity index (χ2v) is 5.57. The van der Waals surface area contributed by atoms with Gasteiger partial charge in [0.05, 0.1) is 6.61 Å². The van der Waals surface area contributed by atoms with Gasteiger partial charge in [0.2, 0.25) is 6.79 Å². The Hall–Kier alpha value is -3.59. The molecule has 0 fully saturated rings. The number of nitrogens with zero attached hydrogens (tertiary/aromatic N) is 1. The van der Waals surface area contributed by atoms with Crippen molar-refractivity contribution in [2.45, 2.75) is 6.92 Å². The largest absolute Gasteiger partial charge is 0.462 e. The lowest BCUT2D eigenvalue weighted by molar-refractivity contribution is -0.137. The number of halogens is 1. The molecule has 0 N–H and O–H groups in total. The van der Waals surface area contributed by atoms with E-state index in [1.807, 2.05) is 12.1 Å². The SMILES string of the molecule is CCOC(=O)/C(C#N)=C(\C=C\c1ccc2c(c1)OCO2)c1ccc(F)cc1. The Balaban J connectivity index is 2.02. The molecule has 5 nitrogen and oxygen atoms in total. The molecule has 6 heteroatoms. The van der Waals surface area contributed by atoms with Gasteiger partial charge in [-0.15, -0.1) is 0 Å². The number of hydrogen-bond acceptors (Lipinski definition) is 5. The van der Waals surface area contributed by atoms with E-state index in [1.165, 1.54) is 24.3 Å². The molecule has 136 valence electrons. The van der Waals surface area contributed by atoms with E-state index in [2.05, 4.69) is 0 Å². The third-order valence-corrected chi connectivity index (χ3v) is 3.85. The molecule has 0 spiro atoms. The number of fused-ring (bicyclic) bond motifs is 1. The van der Waals surface area contributed by atoms with Gasteiger partial charge < -0.3 is 14.2 Å². The summed E-state index contributed by atoms with van der Waals surface area (Å²) in [7, 11) is 0. The number of nitriles is 1. The van der Waals surface area contributed by atoms with Crippen LogP contribution in [0.5, 0.6) is 11.5 Å². The van der Waals surface area contributed by atoms with Crippen LogP contribution in [0.3, 0.4) is 0 Å². The molecule has 0 saturated carbocycles. The second-order valence-electron chi connectivity index (χ2n) is 5.57. The van der Waals surface area contributed by atoms with E-state index in [1.54, 1.807) is 31.2 Å². The van der Waals surface area contributed by atoms with Crippen LogP contribution < -0.4 is 9.47 Å². The summed E-state index contributed by atoms with van der Waals surface area (Å²) >= 11 is 0. The lowest BCUT2D eigenvalue weighted by Gasteiger charge is -2.07. The van der Waals surface area contributed by atoms with Crippen LogP contribution in [0.4, 0.5) is 4.39 Å². The molecular formula is C21H16FNO4. The van der Waals surface area contributed by atoms with Crippen molar-refractivity contribution >= 4 is 17.6 Å². The number of ether oxygens (including phenoxy) is 3. The molecule has 0 aliphatic carbocycles. The van der Waals surface area contributed by atoms with E-state index in [0.29, 0.717) is 22.6 Å². The number of hydrogen-bond donors (Lipinski definition) is 0. The van der Waals surface area contributed by atoms with E-state index < -0.39 is 11.8 Å². The quantitative estimate of drug-likeness (QED) is 0.345. The molecule has 1 aliphatic heterocycles. The van der Waals surface area contributed by atoms with Crippen molar-refractivity contribution in [1.29, 1.82) is 5.26 Å². The zero-order chi connectivity index (χ0) is 19.2. The number of rotatable bonds is 5. The molecule has 0 saturated heterocycles. The summed E-state index contributed by atoms with van der Waals surface area (Å²) in [5.41, 5.74) is 1.51. The maximum absolute atomic E-state index is 13.3. The van der Waals surface area contributed by atoms with Crippen LogP contribution in [0.15, 0.2) is 54.1 Å². The monoisotopic (exact) mass is 365 g/mol. The van der Waals surface area contributed by atoms with Crippen molar-refractivity contribution in [1.82, 2.24) is 0 Å². The van der Waals surface area contributed by atoms with Gasteiger partial charge in [-0.2, -0.15) is 5.26 Å². The van der Waals surface area contributed by atoms with Gasteiger partial charge in [0.25, 0.3) is 0 Å². The Morgan fingerprint density at radius 1 is 1.22 bits per heavy atom. The maximum Gasteiger partial charge on any atom is 0.349 e. The number of esters is 1. The van der Waals surface area contributed by atoms with Crippen LogP contribution in [0.1, 0.15) is 18.1 Å². The molecule has 0 bridgehead atoms. The molecule has 1 aliphatic rings. The normalized spacial score (nSPS) is 13.2. The van der Waals surface area contributed by atoms with Crippen molar-refractivity contribution in [3.63, 3.8) is 0 Å². The van der Waals surface area contributed by atoms with Crippen LogP contribution in [0, 0.1) is 17.1 Å². The topological polar surface area (TPSA) is 68.6 Å². The zero-order valence-corrected chi connectivity index (χ0v) is 14.6. The third kappa shape index (κ3) is 4.15. The third-order valence-electron chi connectivity index (χ3n) is 3.85. The van der Waals surface area contributed by atoms with Gasteiger partial charge in [0.15, 0.2) is 11.5 Å². The fourth-order valence-electron chi connectivity index (χ4n) is 2.57. The molecule has 27 heavy (non-hydrogen) atoms. The summed E-state index contributed by atoms with van der Waals surface area (Å²) in [6.45, 7) is 1.98. The minimum Gasteiger partial charge on any atom is -0.462 e. The van der Waals surface area contributed by atoms with Gasteiger partial charge in [-0.3, -0.25) is 0 Å². The maximum atomic E-state index is 13.3. The van der Waals surface area contributed by atoms with E-state index in [9.17, 15) is 14.4 Å². The average molecular weight is 365 g/mol. The van der Waals surface area contributed by atoms with E-state index >= 15 is 0 Å². The van der Waals surface area contributed by atoms with Gasteiger partial charge in [-0.05, 0) is 42.3 Å². The standard InChI is InChI=1S/C21H16FNO4/c1-2-25-21(24)18(12-23)17(15-5-7-16(22)8-6-15)9-3-14-4-10-19-20(11-14)27-13-26-19/h3-11H,2,13H2,1H3/b9-3+,18-17+. The first-order valence-electron chi connectivity index (χ1n) is 8.27. The summed E-state index contributed by atoms with van der Waals surface area (Å²) in [6.07, 6.45) is 3.36. The highest BCUT2D eigenvalue weighted by molar-refractivity contribution is 6.04. The molecule has 0 radical (unpaired) electrons. The Labute approximate surface area is 155 Å². The number of carbonyl (C=O) groups is 1. The Morgan fingerprint density at radius 3 is 2.67 bits per heavy atom. The van der Waals surface area contributed by atoms with E-state index in [0.717, 1.165) is 5.56 Å². The van der Waals surface area contributed by atoms with Crippen LogP contribution >= 0.6 is 0 Å². The van der Waals surface area contributed by atoms with Gasteiger partial charge in [0.1, 0.15) is 17.5 Å². The van der Waals surface area contributed by atoms with Gasteiger partial charge in [-0.1, -0.05) is 30.4 Å². The first kappa shape index (κ1) is 18.2. The summed E-state index contributed by atoms with van der Waals surface area (Å²) in [4.78, 5) is 12.2. The predicted molar refractivity (Wildman–Crippen MR) is 97.2 cm³/mol. The number of benzene rings is 2. The Morgan fingerprint density at radius 2 is 1.96 bits per heavy atom. The summed E-state index contributed by atoms with van der Waals surface area (Å²) < 4.78 is 28.9. The summed E-state index contributed by atoms with van der Waals surface area (Å²) in [6, 6.07) is 12.8. The molecule has 2 aromatic carbocycles. The molecule has 3 rings (SSSR count). The van der Waals surface area contributed by atoms with Crippen molar-refractivity contribution in [2.24, 2.45) is 0 Å². The molecule has 0 amide bonds. The predicted octanol–water partition coefficient (Wildman–Crippen LogP) is 4.11. The molecule has 0 unspecified atom stereocenters. The number of allylic oxidation sites excluding steroid dienone is 2. The smallest absolute Gasteiger partial charge is 0.349 e. The zero-order valence-electron chi connectivity index (χ0n) is 14.6. The van der Waals surface area contributed by atoms with Crippen molar-refractivity contribution in [3.8, 4) is 17.6 Å². The molecule has 1 heterocycles. The number of carbonyl (C=O) groups excluding carboxylic acids is 1. The fraction of sp³-hybridized carbons (Fsp3) is 0.143. The van der Waals surface area contributed by atoms with Crippen molar-refractivity contribution in [2.75, 3.05) is 13.4 Å². The summed E-state index contributed by atoms with van der Waals surface area (Å²) in [5, 5.41) is 9.48. The Bertz CT molecular complexity index is 955. The van der Waals surface area contributed by atoms with Gasteiger partial charge in [0, 0.05) is 5.57 Å². The lowest BCUT2D eigenvalue weighted by atomic mass is 9.99. The van der Waals surface area contributed by atoms with Gasteiger partial charge >= 0.3 is 5.97 Å². The highest BCUT2D eigenvalue weighted by Gasteiger charge is 2.17. The molecule has 0 aromatic heterocycles. The lowest BCUT2D eigenvalue weighted by Crippen LogP contribution is -2.08. The summed E-state index contributed by atoms with van der Waals surface area (Å²) in [5.74, 6) is 0.142. The minimum absolute atomic E-state index is 0.145. The average Bonchev–Trinajstić information content (AvgIpc) is 3.14. The second kappa shape index (κ2) is 8.19. The van der Waals surface area contributed by atoms with Crippen LogP contribution in [0.25, 0.3) is 11.6 Å². The van der Waals surface area contributed by atoms with Crippen LogP contribution in [-0.2, 0) is 9.53 Å². The first-order chi connectivity index (χ1) is 13.1. The fourth-order valence-corrected chi connectivity index (χ4v) is 2.57. The van der Waals surface area contributed by atoms with Crippen molar-refractivity contribution < 1.29 is 23.4 Å². The highest BCUT2D eigenvalue weighted by Crippen LogP contribution is 2.33. The van der Waals surface area contributed by atoms with Crippen molar-refractivity contribution in [3.05, 3.63) is 71.1 Å². The molecule has 0 atom stereocenters. The van der Waals surface area contributed by atoms with Crippen LogP contribution in [0.2, 0.25) is 0 Å².